The molecule has 25 heavy (non-hydrogen) atoms. The van der Waals surface area contributed by atoms with E-state index in [2.05, 4.69) is 5.32 Å². The van der Waals surface area contributed by atoms with Gasteiger partial charge in [-0.1, -0.05) is 24.3 Å². The predicted octanol–water partition coefficient (Wildman–Crippen LogP) is 3.03. The Morgan fingerprint density at radius 1 is 0.960 bits per heavy atom. The van der Waals surface area contributed by atoms with Crippen LogP contribution in [0.4, 0.5) is 0 Å². The first kappa shape index (κ1) is 18.7. The number of amides is 1. The van der Waals surface area contributed by atoms with Crippen molar-refractivity contribution in [3.05, 3.63) is 70.8 Å². The molecule has 0 saturated heterocycles. The lowest BCUT2D eigenvalue weighted by molar-refractivity contribution is 0.00694. The first-order valence-corrected chi connectivity index (χ1v) is 8.16. The predicted molar refractivity (Wildman–Crippen MR) is 97.1 cm³/mol. The van der Waals surface area contributed by atoms with E-state index in [0.29, 0.717) is 24.2 Å². The Kier molecular flexibility index (Phi) is 5.93. The summed E-state index contributed by atoms with van der Waals surface area (Å²) in [4.78, 5) is 23.2. The highest BCUT2D eigenvalue weighted by molar-refractivity contribution is 5.92. The van der Waals surface area contributed by atoms with Gasteiger partial charge in [0, 0.05) is 18.7 Å². The summed E-state index contributed by atoms with van der Waals surface area (Å²) < 4.78 is 5.34. The van der Waals surface area contributed by atoms with Gasteiger partial charge < -0.3 is 15.8 Å². The Labute approximate surface area is 148 Å². The fourth-order valence-electron chi connectivity index (χ4n) is 2.28. The van der Waals surface area contributed by atoms with Crippen LogP contribution in [0.1, 0.15) is 52.6 Å². The van der Waals surface area contributed by atoms with Gasteiger partial charge in [0.15, 0.2) is 0 Å². The highest BCUT2D eigenvalue weighted by atomic mass is 16.6. The largest absolute Gasteiger partial charge is 0.456 e. The van der Waals surface area contributed by atoms with Crippen LogP contribution >= 0.6 is 0 Å². The van der Waals surface area contributed by atoms with Crippen LogP contribution in [0.3, 0.4) is 0 Å². The Hall–Kier alpha value is -2.66. The van der Waals surface area contributed by atoms with Crippen molar-refractivity contribution in [3.8, 4) is 0 Å². The van der Waals surface area contributed by atoms with E-state index in [4.69, 9.17) is 10.5 Å². The molecule has 0 bridgehead atoms. The third-order valence-corrected chi connectivity index (χ3v) is 3.46. The van der Waals surface area contributed by atoms with Gasteiger partial charge in [-0.05, 0) is 56.2 Å². The van der Waals surface area contributed by atoms with Gasteiger partial charge in [-0.3, -0.25) is 4.79 Å². The molecule has 0 atom stereocenters. The van der Waals surface area contributed by atoms with E-state index in [0.717, 1.165) is 11.1 Å². The molecular weight excluding hydrogens is 316 g/mol. The molecule has 0 spiro atoms. The number of primary amides is 1. The molecule has 0 radical (unpaired) electrons. The maximum absolute atomic E-state index is 12.0. The van der Waals surface area contributed by atoms with Crippen LogP contribution in [0.2, 0.25) is 0 Å². The van der Waals surface area contributed by atoms with Gasteiger partial charge >= 0.3 is 5.97 Å². The molecule has 2 aromatic carbocycles. The van der Waals surface area contributed by atoms with Crippen LogP contribution in [0, 0.1) is 0 Å². The first-order valence-electron chi connectivity index (χ1n) is 8.16. The molecule has 0 saturated carbocycles. The molecule has 5 nitrogen and oxygen atoms in total. The van der Waals surface area contributed by atoms with Gasteiger partial charge in [0.05, 0.1) is 5.56 Å². The molecule has 1 amide bonds. The minimum atomic E-state index is -0.503. The second-order valence-electron chi connectivity index (χ2n) is 6.87. The summed E-state index contributed by atoms with van der Waals surface area (Å²) >= 11 is 0. The molecule has 3 N–H and O–H groups in total. The zero-order chi connectivity index (χ0) is 18.4. The van der Waals surface area contributed by atoms with Gasteiger partial charge in [0.2, 0.25) is 5.91 Å². The van der Waals surface area contributed by atoms with Crippen LogP contribution in [0.25, 0.3) is 0 Å². The van der Waals surface area contributed by atoms with Crippen molar-refractivity contribution in [2.24, 2.45) is 5.73 Å². The number of nitrogens with one attached hydrogen (secondary N) is 1. The molecule has 2 aromatic rings. The number of nitrogens with two attached hydrogens (primary N) is 1. The van der Waals surface area contributed by atoms with E-state index >= 15 is 0 Å². The van der Waals surface area contributed by atoms with Gasteiger partial charge in [-0.2, -0.15) is 0 Å². The normalized spacial score (nSPS) is 11.2. The van der Waals surface area contributed by atoms with Gasteiger partial charge in [-0.25, -0.2) is 4.79 Å². The van der Waals surface area contributed by atoms with Gasteiger partial charge in [0.25, 0.3) is 0 Å². The van der Waals surface area contributed by atoms with Crippen LogP contribution in [0.15, 0.2) is 48.5 Å². The monoisotopic (exact) mass is 340 g/mol. The fraction of sp³-hybridized carbons (Fsp3) is 0.300. The van der Waals surface area contributed by atoms with Crippen molar-refractivity contribution in [1.29, 1.82) is 0 Å². The molecule has 0 fully saturated rings. The number of hydrogen-bond donors (Lipinski definition) is 2. The van der Waals surface area contributed by atoms with E-state index in [1.54, 1.807) is 24.3 Å². The van der Waals surface area contributed by atoms with Crippen LogP contribution in [-0.4, -0.2) is 17.5 Å². The van der Waals surface area contributed by atoms with Gasteiger partial charge in [-0.15, -0.1) is 0 Å². The van der Waals surface area contributed by atoms with Crippen molar-refractivity contribution >= 4 is 11.9 Å². The zero-order valence-electron chi connectivity index (χ0n) is 14.8. The van der Waals surface area contributed by atoms with Crippen molar-refractivity contribution < 1.29 is 14.3 Å². The first-order chi connectivity index (χ1) is 11.7. The Bertz CT molecular complexity index is 746. The van der Waals surface area contributed by atoms with Crippen LogP contribution < -0.4 is 11.1 Å². The molecule has 0 aromatic heterocycles. The Morgan fingerprint density at radius 2 is 1.60 bits per heavy atom. The molecule has 132 valence electrons. The highest BCUT2D eigenvalue weighted by Gasteiger charge is 2.17. The van der Waals surface area contributed by atoms with Crippen LogP contribution in [0.5, 0.6) is 0 Å². The molecule has 0 unspecified atom stereocenters. The fourth-order valence-corrected chi connectivity index (χ4v) is 2.28. The molecule has 2 rings (SSSR count). The zero-order valence-corrected chi connectivity index (χ0v) is 14.8. The van der Waals surface area contributed by atoms with Crippen LogP contribution in [-0.2, 0) is 17.8 Å². The maximum Gasteiger partial charge on any atom is 0.338 e. The molecule has 5 heteroatoms. The second kappa shape index (κ2) is 7.94. The standard InChI is InChI=1S/C20H24N2O3/c1-20(2,3)25-19(24)16-9-7-14(8-10-16)12-22-13-15-5-4-6-17(11-15)18(21)23/h4-11,22H,12-13H2,1-3H3,(H2,21,23). The SMILES string of the molecule is CC(C)(C)OC(=O)c1ccc(CNCc2cccc(C(N)=O)c2)cc1. The Morgan fingerprint density at radius 3 is 2.20 bits per heavy atom. The summed E-state index contributed by atoms with van der Waals surface area (Å²) in [6.45, 7) is 6.80. The third kappa shape index (κ3) is 6.04. The lowest BCUT2D eigenvalue weighted by Gasteiger charge is -2.19. The quantitative estimate of drug-likeness (QED) is 0.792. The summed E-state index contributed by atoms with van der Waals surface area (Å²) in [5.74, 6) is -0.755. The number of hydrogen-bond acceptors (Lipinski definition) is 4. The summed E-state index contributed by atoms with van der Waals surface area (Å²) in [7, 11) is 0. The Balaban J connectivity index is 1.88. The smallest absolute Gasteiger partial charge is 0.338 e. The van der Waals surface area contributed by atoms with Crippen molar-refractivity contribution in [2.75, 3.05) is 0 Å². The maximum atomic E-state index is 12.0. The number of esters is 1. The second-order valence-corrected chi connectivity index (χ2v) is 6.87. The lowest BCUT2D eigenvalue weighted by Crippen LogP contribution is -2.23. The van der Waals surface area contributed by atoms with Crippen molar-refractivity contribution in [2.45, 2.75) is 39.5 Å². The third-order valence-electron chi connectivity index (χ3n) is 3.46. The van der Waals surface area contributed by atoms with E-state index < -0.39 is 11.5 Å². The van der Waals surface area contributed by atoms with E-state index in [9.17, 15) is 9.59 Å². The minimum absolute atomic E-state index is 0.324. The van der Waals surface area contributed by atoms with Gasteiger partial charge in [0.1, 0.15) is 5.60 Å². The average Bonchev–Trinajstić information content (AvgIpc) is 2.54. The van der Waals surface area contributed by atoms with E-state index in [1.807, 2.05) is 45.0 Å². The summed E-state index contributed by atoms with van der Waals surface area (Å²) in [6.07, 6.45) is 0. The highest BCUT2D eigenvalue weighted by Crippen LogP contribution is 2.13. The number of carbonyl (C=O) groups is 2. The number of ether oxygens (including phenoxy) is 1. The van der Waals surface area contributed by atoms with E-state index in [1.165, 1.54) is 0 Å². The topological polar surface area (TPSA) is 81.4 Å². The molecule has 0 aliphatic rings. The summed E-state index contributed by atoms with van der Waals surface area (Å²) in [5, 5.41) is 3.30. The lowest BCUT2D eigenvalue weighted by atomic mass is 10.1. The molecule has 0 aliphatic carbocycles. The number of benzene rings is 2. The van der Waals surface area contributed by atoms with Crippen molar-refractivity contribution in [1.82, 2.24) is 5.32 Å². The minimum Gasteiger partial charge on any atom is -0.456 e. The molecule has 0 aliphatic heterocycles. The number of rotatable bonds is 6. The molecular formula is C20H24N2O3. The van der Waals surface area contributed by atoms with E-state index in [-0.39, 0.29) is 5.97 Å². The number of carbonyl (C=O) groups excluding carboxylic acids is 2. The summed E-state index contributed by atoms with van der Waals surface area (Å²) in [6, 6.07) is 14.5. The van der Waals surface area contributed by atoms with Crippen molar-refractivity contribution in [3.63, 3.8) is 0 Å². The summed E-state index contributed by atoms with van der Waals surface area (Å²) in [5.41, 5.74) is 7.86. The average molecular weight is 340 g/mol. The molecule has 0 heterocycles.